The molecular weight excluding hydrogens is 347 g/mol. The molecule has 17 heavy (non-hydrogen) atoms. The summed E-state index contributed by atoms with van der Waals surface area (Å²) < 4.78 is 34.9. The van der Waals surface area contributed by atoms with E-state index in [2.05, 4.69) is 4.98 Å². The highest BCUT2D eigenvalue weighted by Crippen LogP contribution is 2.28. The molecule has 0 aliphatic rings. The summed E-state index contributed by atoms with van der Waals surface area (Å²) in [4.78, 5) is 15.2. The molecular formula is C10H10F2INO3. The molecule has 0 fully saturated rings. The second kappa shape index (κ2) is 6.08. The van der Waals surface area contributed by atoms with Crippen LogP contribution in [0, 0.1) is 3.70 Å². The molecule has 94 valence electrons. The SMILES string of the molecule is CCOC(=O)c1c(OC)cc(C(F)F)nc1I. The van der Waals surface area contributed by atoms with E-state index in [9.17, 15) is 13.6 Å². The summed E-state index contributed by atoms with van der Waals surface area (Å²) in [7, 11) is 1.30. The lowest BCUT2D eigenvalue weighted by molar-refractivity contribution is 0.0520. The van der Waals surface area contributed by atoms with Crippen LogP contribution in [0.3, 0.4) is 0 Å². The first-order chi connectivity index (χ1) is 8.01. The Morgan fingerprint density at radius 1 is 1.59 bits per heavy atom. The van der Waals surface area contributed by atoms with E-state index in [0.717, 1.165) is 6.07 Å². The van der Waals surface area contributed by atoms with Crippen molar-refractivity contribution in [3.63, 3.8) is 0 Å². The topological polar surface area (TPSA) is 48.4 Å². The highest BCUT2D eigenvalue weighted by molar-refractivity contribution is 14.1. The van der Waals surface area contributed by atoms with Crippen molar-refractivity contribution < 1.29 is 23.0 Å². The van der Waals surface area contributed by atoms with Crippen LogP contribution in [0.25, 0.3) is 0 Å². The first-order valence-electron chi connectivity index (χ1n) is 4.71. The lowest BCUT2D eigenvalue weighted by atomic mass is 10.2. The van der Waals surface area contributed by atoms with E-state index in [1.165, 1.54) is 7.11 Å². The monoisotopic (exact) mass is 357 g/mol. The summed E-state index contributed by atoms with van der Waals surface area (Å²) in [5.74, 6) is -0.597. The smallest absolute Gasteiger partial charge is 0.344 e. The molecule has 0 saturated carbocycles. The Kier molecular flexibility index (Phi) is 5.03. The molecule has 0 amide bonds. The number of carbonyl (C=O) groups is 1. The number of hydrogen-bond acceptors (Lipinski definition) is 4. The average molecular weight is 357 g/mol. The Morgan fingerprint density at radius 2 is 2.24 bits per heavy atom. The molecule has 0 bridgehead atoms. The molecule has 0 saturated heterocycles. The number of esters is 1. The van der Waals surface area contributed by atoms with E-state index in [1.54, 1.807) is 29.5 Å². The summed E-state index contributed by atoms with van der Waals surface area (Å²) in [6, 6.07) is 1.04. The summed E-state index contributed by atoms with van der Waals surface area (Å²) in [6.07, 6.45) is -2.71. The Bertz CT molecular complexity index is 426. The molecule has 0 aliphatic heterocycles. The number of ether oxygens (including phenoxy) is 2. The molecule has 0 aromatic carbocycles. The van der Waals surface area contributed by atoms with Gasteiger partial charge in [-0.1, -0.05) is 0 Å². The highest BCUT2D eigenvalue weighted by atomic mass is 127. The Labute approximate surface area is 110 Å². The molecule has 1 heterocycles. The van der Waals surface area contributed by atoms with Gasteiger partial charge < -0.3 is 9.47 Å². The quantitative estimate of drug-likeness (QED) is 0.473. The van der Waals surface area contributed by atoms with Gasteiger partial charge in [0.2, 0.25) is 0 Å². The van der Waals surface area contributed by atoms with Gasteiger partial charge in [-0.15, -0.1) is 0 Å². The van der Waals surface area contributed by atoms with E-state index in [1.807, 2.05) is 0 Å². The van der Waals surface area contributed by atoms with E-state index in [4.69, 9.17) is 9.47 Å². The standard InChI is InChI=1S/C10H10F2INO3/c1-3-17-10(15)7-6(16-2)4-5(8(11)12)14-9(7)13/h4,8H,3H2,1-2H3. The van der Waals surface area contributed by atoms with Gasteiger partial charge in [-0.2, -0.15) is 0 Å². The third kappa shape index (κ3) is 3.24. The van der Waals surface area contributed by atoms with Crippen molar-refractivity contribution in [3.8, 4) is 5.75 Å². The molecule has 0 N–H and O–H groups in total. The summed E-state index contributed by atoms with van der Waals surface area (Å²) in [5.41, 5.74) is -0.362. The first kappa shape index (κ1) is 14.1. The number of aromatic nitrogens is 1. The van der Waals surface area contributed by atoms with Crippen LogP contribution >= 0.6 is 22.6 Å². The third-order valence-corrected chi connectivity index (χ3v) is 2.66. The van der Waals surface area contributed by atoms with Crippen LogP contribution in [0.4, 0.5) is 8.78 Å². The van der Waals surface area contributed by atoms with Crippen LogP contribution in [-0.2, 0) is 4.74 Å². The van der Waals surface area contributed by atoms with Crippen molar-refractivity contribution in [1.82, 2.24) is 4.98 Å². The first-order valence-corrected chi connectivity index (χ1v) is 5.78. The van der Waals surface area contributed by atoms with Crippen molar-refractivity contribution >= 4 is 28.6 Å². The van der Waals surface area contributed by atoms with Crippen molar-refractivity contribution in [2.24, 2.45) is 0 Å². The molecule has 0 radical (unpaired) electrons. The largest absolute Gasteiger partial charge is 0.496 e. The number of nitrogens with zero attached hydrogens (tertiary/aromatic N) is 1. The molecule has 0 unspecified atom stereocenters. The lowest BCUT2D eigenvalue weighted by Crippen LogP contribution is -2.11. The minimum absolute atomic E-state index is 0.0400. The van der Waals surface area contributed by atoms with Gasteiger partial charge in [-0.3, -0.25) is 0 Å². The normalized spacial score (nSPS) is 10.5. The Morgan fingerprint density at radius 3 is 2.71 bits per heavy atom. The zero-order chi connectivity index (χ0) is 13.0. The van der Waals surface area contributed by atoms with Crippen LogP contribution in [0.1, 0.15) is 29.4 Å². The summed E-state index contributed by atoms with van der Waals surface area (Å²) >= 11 is 1.70. The molecule has 1 rings (SSSR count). The van der Waals surface area contributed by atoms with Gasteiger partial charge in [0.15, 0.2) is 0 Å². The van der Waals surface area contributed by atoms with Crippen molar-refractivity contribution in [2.45, 2.75) is 13.3 Å². The number of pyridine rings is 1. The van der Waals surface area contributed by atoms with Crippen LogP contribution < -0.4 is 4.74 Å². The zero-order valence-corrected chi connectivity index (χ0v) is 11.3. The fourth-order valence-corrected chi connectivity index (χ4v) is 1.94. The molecule has 1 aromatic rings. The maximum atomic E-state index is 12.5. The van der Waals surface area contributed by atoms with Crippen LogP contribution in [0.2, 0.25) is 0 Å². The predicted molar refractivity (Wildman–Crippen MR) is 64.4 cm³/mol. The zero-order valence-electron chi connectivity index (χ0n) is 9.17. The fraction of sp³-hybridized carbons (Fsp3) is 0.400. The highest BCUT2D eigenvalue weighted by Gasteiger charge is 2.22. The van der Waals surface area contributed by atoms with Crippen LogP contribution in [-0.4, -0.2) is 24.7 Å². The number of alkyl halides is 2. The Balaban J connectivity index is 3.25. The minimum Gasteiger partial charge on any atom is -0.496 e. The van der Waals surface area contributed by atoms with Gasteiger partial charge in [0.1, 0.15) is 20.7 Å². The van der Waals surface area contributed by atoms with Crippen molar-refractivity contribution in [3.05, 3.63) is 21.0 Å². The second-order valence-corrected chi connectivity index (χ2v) is 3.96. The Hall–Kier alpha value is -0.990. The van der Waals surface area contributed by atoms with Gasteiger partial charge >= 0.3 is 5.97 Å². The van der Waals surface area contributed by atoms with Gasteiger partial charge in [-0.25, -0.2) is 18.6 Å². The third-order valence-electron chi connectivity index (χ3n) is 1.88. The average Bonchev–Trinajstić information content (AvgIpc) is 2.27. The summed E-state index contributed by atoms with van der Waals surface area (Å²) in [5, 5.41) is 0. The number of rotatable bonds is 4. The maximum absolute atomic E-state index is 12.5. The molecule has 0 atom stereocenters. The maximum Gasteiger partial charge on any atom is 0.344 e. The van der Waals surface area contributed by atoms with Gasteiger partial charge in [-0.05, 0) is 29.5 Å². The number of methoxy groups -OCH3 is 1. The van der Waals surface area contributed by atoms with Crippen molar-refractivity contribution in [2.75, 3.05) is 13.7 Å². The van der Waals surface area contributed by atoms with Gasteiger partial charge in [0.05, 0.1) is 13.7 Å². The van der Waals surface area contributed by atoms with Crippen LogP contribution in [0.15, 0.2) is 6.07 Å². The molecule has 0 aliphatic carbocycles. The molecule has 7 heteroatoms. The van der Waals surface area contributed by atoms with Crippen LogP contribution in [0.5, 0.6) is 5.75 Å². The van der Waals surface area contributed by atoms with Gasteiger partial charge in [0.25, 0.3) is 6.43 Å². The second-order valence-electron chi connectivity index (χ2n) is 2.94. The lowest BCUT2D eigenvalue weighted by Gasteiger charge is -2.11. The molecule has 1 aromatic heterocycles. The number of hydrogen-bond donors (Lipinski definition) is 0. The molecule has 4 nitrogen and oxygen atoms in total. The summed E-state index contributed by atoms with van der Waals surface area (Å²) in [6.45, 7) is 1.84. The van der Waals surface area contributed by atoms with Crippen molar-refractivity contribution in [1.29, 1.82) is 0 Å². The van der Waals surface area contributed by atoms with E-state index >= 15 is 0 Å². The number of halogens is 3. The molecule has 0 spiro atoms. The number of carbonyl (C=O) groups excluding carboxylic acids is 1. The fourth-order valence-electron chi connectivity index (χ4n) is 1.17. The minimum atomic E-state index is -2.71. The predicted octanol–water partition coefficient (Wildman–Crippen LogP) is 2.81. The van der Waals surface area contributed by atoms with E-state index in [-0.39, 0.29) is 21.6 Å². The van der Waals surface area contributed by atoms with E-state index < -0.39 is 18.1 Å². The van der Waals surface area contributed by atoms with Gasteiger partial charge in [0, 0.05) is 6.07 Å². The van der Waals surface area contributed by atoms with E-state index in [0.29, 0.717) is 0 Å².